The van der Waals surface area contributed by atoms with Gasteiger partial charge in [-0.1, -0.05) is 0 Å². The zero-order valence-electron chi connectivity index (χ0n) is 5.40. The monoisotopic (exact) mass is 201 g/mol. The van der Waals surface area contributed by atoms with E-state index in [1.54, 1.807) is 11.3 Å². The van der Waals surface area contributed by atoms with Crippen LogP contribution >= 0.6 is 36.2 Å². The first kappa shape index (κ1) is 12.7. The molecule has 0 fully saturated rings. The van der Waals surface area contributed by atoms with Crippen LogP contribution in [0.1, 0.15) is 10.0 Å². The first-order valence-electron chi connectivity index (χ1n) is 2.32. The fourth-order valence-electron chi connectivity index (χ4n) is 0.420. The minimum absolute atomic E-state index is 0. The molecule has 0 radical (unpaired) electrons. The average Bonchev–Trinajstić information content (AvgIpc) is 2.14. The second-order valence-corrected chi connectivity index (χ2v) is 2.69. The fourth-order valence-corrected chi connectivity index (χ4v) is 1.01. The van der Waals surface area contributed by atoms with Gasteiger partial charge in [0.25, 0.3) is 0 Å². The van der Waals surface area contributed by atoms with Crippen LogP contribution in [0.25, 0.3) is 0 Å². The normalized spacial score (nSPS) is 7.80. The summed E-state index contributed by atoms with van der Waals surface area (Å²) in [4.78, 5) is 0. The Bertz CT molecular complexity index is 179. The van der Waals surface area contributed by atoms with Crippen molar-refractivity contribution in [1.82, 2.24) is 10.2 Å². The minimum Gasteiger partial charge on any atom is -0.324 e. The van der Waals surface area contributed by atoms with Gasteiger partial charge in [0.1, 0.15) is 10.0 Å². The van der Waals surface area contributed by atoms with Crippen molar-refractivity contribution in [3.63, 3.8) is 0 Å². The summed E-state index contributed by atoms with van der Waals surface area (Å²) < 4.78 is 0. The average molecular weight is 202 g/mol. The molecule has 0 aliphatic carbocycles. The lowest BCUT2D eigenvalue weighted by molar-refractivity contribution is 0.945. The summed E-state index contributed by atoms with van der Waals surface area (Å²) in [6.07, 6.45) is 0. The lowest BCUT2D eigenvalue weighted by atomic mass is 10.7. The molecule has 2 N–H and O–H groups in total. The molecule has 60 valence electrons. The van der Waals surface area contributed by atoms with E-state index in [2.05, 4.69) is 10.2 Å². The Morgan fingerprint density at radius 2 is 2.00 bits per heavy atom. The molecule has 0 aromatic carbocycles. The van der Waals surface area contributed by atoms with Gasteiger partial charge in [-0.2, -0.15) is 0 Å². The molecular weight excluding hydrogens is 193 g/mol. The lowest BCUT2D eigenvalue weighted by Crippen LogP contribution is -1.94. The summed E-state index contributed by atoms with van der Waals surface area (Å²) in [6.45, 7) is 2.42. The van der Waals surface area contributed by atoms with Crippen LogP contribution < -0.4 is 5.73 Å². The van der Waals surface area contributed by atoms with Crippen LogP contribution in [0, 0.1) is 6.92 Å². The third kappa shape index (κ3) is 3.31. The molecule has 1 aromatic rings. The van der Waals surface area contributed by atoms with E-state index >= 15 is 0 Å². The Morgan fingerprint density at radius 3 is 2.20 bits per heavy atom. The van der Waals surface area contributed by atoms with Crippen LogP contribution in [-0.4, -0.2) is 10.2 Å². The molecule has 1 heterocycles. The van der Waals surface area contributed by atoms with E-state index in [1.165, 1.54) is 0 Å². The van der Waals surface area contributed by atoms with Gasteiger partial charge in [-0.3, -0.25) is 0 Å². The molecule has 0 atom stereocenters. The maximum Gasteiger partial charge on any atom is 0.131 e. The third-order valence-corrected chi connectivity index (χ3v) is 1.60. The van der Waals surface area contributed by atoms with Crippen molar-refractivity contribution < 1.29 is 0 Å². The Balaban J connectivity index is 0. The Kier molecular flexibility index (Phi) is 7.46. The summed E-state index contributed by atoms with van der Waals surface area (Å²) in [5.41, 5.74) is 5.27. The molecule has 1 aromatic heterocycles. The summed E-state index contributed by atoms with van der Waals surface area (Å²) >= 11 is 1.54. The quantitative estimate of drug-likeness (QED) is 0.743. The lowest BCUT2D eigenvalue weighted by Gasteiger charge is -1.76. The van der Waals surface area contributed by atoms with Crippen LogP contribution in [0.15, 0.2) is 0 Å². The highest BCUT2D eigenvalue weighted by molar-refractivity contribution is 7.11. The van der Waals surface area contributed by atoms with Crippen molar-refractivity contribution in [2.24, 2.45) is 5.73 Å². The van der Waals surface area contributed by atoms with Crippen LogP contribution in [0.4, 0.5) is 0 Å². The van der Waals surface area contributed by atoms with E-state index in [4.69, 9.17) is 5.73 Å². The molecule has 0 saturated carbocycles. The van der Waals surface area contributed by atoms with Gasteiger partial charge in [0, 0.05) is 6.54 Å². The van der Waals surface area contributed by atoms with Crippen molar-refractivity contribution >= 4 is 36.2 Å². The van der Waals surface area contributed by atoms with Crippen molar-refractivity contribution in [2.75, 3.05) is 0 Å². The van der Waals surface area contributed by atoms with Gasteiger partial charge < -0.3 is 5.73 Å². The summed E-state index contributed by atoms with van der Waals surface area (Å²) in [6, 6.07) is 0. The zero-order chi connectivity index (χ0) is 5.98. The standard InChI is InChI=1S/C4H7N3S.2ClH/c1-3-6-7-4(2-5)8-3;;/h2,5H2,1H3;2*1H. The zero-order valence-corrected chi connectivity index (χ0v) is 7.85. The summed E-state index contributed by atoms with van der Waals surface area (Å²) in [7, 11) is 0. The SMILES string of the molecule is Cc1nnc(CN)s1.Cl.Cl. The first-order valence-corrected chi connectivity index (χ1v) is 3.13. The molecule has 1 rings (SSSR count). The highest BCUT2D eigenvalue weighted by Crippen LogP contribution is 2.05. The van der Waals surface area contributed by atoms with Gasteiger partial charge >= 0.3 is 0 Å². The van der Waals surface area contributed by atoms with E-state index in [-0.39, 0.29) is 24.8 Å². The Morgan fingerprint density at radius 1 is 1.40 bits per heavy atom. The van der Waals surface area contributed by atoms with Crippen LogP contribution in [0.2, 0.25) is 0 Å². The van der Waals surface area contributed by atoms with E-state index in [0.29, 0.717) is 6.54 Å². The molecule has 0 bridgehead atoms. The number of aromatic nitrogens is 2. The third-order valence-electron chi connectivity index (χ3n) is 0.742. The summed E-state index contributed by atoms with van der Waals surface area (Å²) in [5, 5.41) is 9.44. The topological polar surface area (TPSA) is 51.8 Å². The van der Waals surface area contributed by atoms with Gasteiger partial charge in [-0.05, 0) is 6.92 Å². The predicted octanol–water partition coefficient (Wildman–Crippen LogP) is 1.15. The molecule has 0 unspecified atom stereocenters. The second-order valence-electron chi connectivity index (χ2n) is 1.42. The number of nitrogens with two attached hydrogens (primary N) is 1. The van der Waals surface area contributed by atoms with Crippen LogP contribution in [0.5, 0.6) is 0 Å². The van der Waals surface area contributed by atoms with Crippen molar-refractivity contribution in [2.45, 2.75) is 13.5 Å². The minimum atomic E-state index is 0. The van der Waals surface area contributed by atoms with E-state index in [9.17, 15) is 0 Å². The van der Waals surface area contributed by atoms with Gasteiger partial charge in [-0.15, -0.1) is 46.3 Å². The molecule has 0 aliphatic heterocycles. The number of nitrogens with zero attached hydrogens (tertiary/aromatic N) is 2. The van der Waals surface area contributed by atoms with Gasteiger partial charge in [-0.25, -0.2) is 0 Å². The van der Waals surface area contributed by atoms with Crippen molar-refractivity contribution in [3.05, 3.63) is 10.0 Å². The van der Waals surface area contributed by atoms with Gasteiger partial charge in [0.15, 0.2) is 0 Å². The second kappa shape index (κ2) is 5.85. The largest absolute Gasteiger partial charge is 0.324 e. The molecule has 0 aliphatic rings. The predicted molar refractivity (Wildman–Crippen MR) is 47.0 cm³/mol. The molecule has 0 amide bonds. The summed E-state index contributed by atoms with van der Waals surface area (Å²) in [5.74, 6) is 0. The Hall–Kier alpha value is 0.1000. The van der Waals surface area contributed by atoms with Gasteiger partial charge in [0.2, 0.25) is 0 Å². The number of hydrogen-bond acceptors (Lipinski definition) is 4. The number of rotatable bonds is 1. The van der Waals surface area contributed by atoms with E-state index in [1.807, 2.05) is 6.92 Å². The number of halogens is 2. The maximum atomic E-state index is 5.27. The van der Waals surface area contributed by atoms with Gasteiger partial charge in [0.05, 0.1) is 0 Å². The van der Waals surface area contributed by atoms with Crippen molar-refractivity contribution in [3.8, 4) is 0 Å². The fraction of sp³-hybridized carbons (Fsp3) is 0.500. The molecule has 0 spiro atoms. The van der Waals surface area contributed by atoms with Crippen LogP contribution in [0.3, 0.4) is 0 Å². The molecule has 0 saturated heterocycles. The molecule has 6 heteroatoms. The first-order chi connectivity index (χ1) is 3.83. The highest BCUT2D eigenvalue weighted by Gasteiger charge is 1.93. The molecule has 3 nitrogen and oxygen atoms in total. The number of aryl methyl sites for hydroxylation is 1. The van der Waals surface area contributed by atoms with Crippen molar-refractivity contribution in [1.29, 1.82) is 0 Å². The highest BCUT2D eigenvalue weighted by atomic mass is 35.5. The van der Waals surface area contributed by atoms with E-state index in [0.717, 1.165) is 10.0 Å². The number of hydrogen-bond donors (Lipinski definition) is 1. The Labute approximate surface area is 75.9 Å². The molecule has 10 heavy (non-hydrogen) atoms. The maximum absolute atomic E-state index is 5.27. The van der Waals surface area contributed by atoms with E-state index < -0.39 is 0 Å². The smallest absolute Gasteiger partial charge is 0.131 e. The van der Waals surface area contributed by atoms with Crippen LogP contribution in [-0.2, 0) is 6.54 Å². The molecular formula is C4H9Cl2N3S.